The normalized spacial score (nSPS) is 12.2. The van der Waals surface area contributed by atoms with Crippen molar-refractivity contribution in [3.8, 4) is 11.5 Å². The van der Waals surface area contributed by atoms with Crippen LogP contribution in [0.15, 0.2) is 48.5 Å². The predicted molar refractivity (Wildman–Crippen MR) is 155 cm³/mol. The number of hydrogen-bond acceptors (Lipinski definition) is 8. The number of carbonyl (C=O) groups excluding carboxylic acids is 3. The molecule has 0 saturated carbocycles. The molecule has 0 spiro atoms. The van der Waals surface area contributed by atoms with Crippen molar-refractivity contribution in [1.29, 1.82) is 0 Å². The molecule has 2 aromatic rings. The van der Waals surface area contributed by atoms with Crippen LogP contribution in [0.3, 0.4) is 0 Å². The lowest BCUT2D eigenvalue weighted by molar-refractivity contribution is -0.135. The number of nitrogens with zero attached hydrogens (tertiary/aromatic N) is 1. The Morgan fingerprint density at radius 2 is 1.52 bits per heavy atom. The van der Waals surface area contributed by atoms with Crippen molar-refractivity contribution in [1.82, 2.24) is 15.5 Å². The molecule has 0 heterocycles. The maximum Gasteiger partial charge on any atom is 0.242 e. The molecule has 0 aliphatic rings. The van der Waals surface area contributed by atoms with E-state index in [1.807, 2.05) is 56.3 Å². The second kappa shape index (κ2) is 17.8. The summed E-state index contributed by atoms with van der Waals surface area (Å²) in [7, 11) is 0. The van der Waals surface area contributed by atoms with Crippen molar-refractivity contribution in [3.63, 3.8) is 0 Å². The van der Waals surface area contributed by atoms with Crippen LogP contribution >= 0.6 is 0 Å². The van der Waals surface area contributed by atoms with E-state index in [0.29, 0.717) is 50.6 Å². The number of nitrogens with two attached hydrogens (primary N) is 3. The van der Waals surface area contributed by atoms with Crippen LogP contribution in [-0.2, 0) is 27.3 Å². The zero-order valence-electron chi connectivity index (χ0n) is 23.6. The molecule has 0 aromatic heterocycles. The van der Waals surface area contributed by atoms with Gasteiger partial charge in [-0.25, -0.2) is 0 Å². The van der Waals surface area contributed by atoms with Crippen molar-refractivity contribution in [3.05, 3.63) is 59.7 Å². The summed E-state index contributed by atoms with van der Waals surface area (Å²) in [4.78, 5) is 40.3. The van der Waals surface area contributed by atoms with E-state index in [9.17, 15) is 14.4 Å². The maximum absolute atomic E-state index is 13.3. The van der Waals surface area contributed by atoms with Crippen LogP contribution in [0.1, 0.15) is 37.8 Å². The Bertz CT molecular complexity index is 1060. The summed E-state index contributed by atoms with van der Waals surface area (Å²) in [6.45, 7) is 6.17. The molecule has 3 amide bonds. The summed E-state index contributed by atoms with van der Waals surface area (Å²) in [6, 6.07) is 13.2. The third kappa shape index (κ3) is 10.8. The van der Waals surface area contributed by atoms with Crippen molar-refractivity contribution in [2.45, 2.75) is 51.7 Å². The number of rotatable bonds is 18. The molecule has 2 rings (SSSR count). The fourth-order valence-electron chi connectivity index (χ4n) is 4.10. The summed E-state index contributed by atoms with van der Waals surface area (Å²) in [6.07, 6.45) is 0.694. The first-order valence-corrected chi connectivity index (χ1v) is 13.8. The average Bonchev–Trinajstić information content (AvgIpc) is 2.95. The van der Waals surface area contributed by atoms with Gasteiger partial charge in [0.1, 0.15) is 6.04 Å². The molecule has 220 valence electrons. The van der Waals surface area contributed by atoms with Gasteiger partial charge in [-0.1, -0.05) is 36.4 Å². The number of amides is 3. The van der Waals surface area contributed by atoms with Gasteiger partial charge in [-0.05, 0) is 49.9 Å². The van der Waals surface area contributed by atoms with Crippen molar-refractivity contribution in [2.24, 2.45) is 17.2 Å². The Labute approximate surface area is 236 Å². The lowest BCUT2D eigenvalue weighted by Gasteiger charge is -2.24. The van der Waals surface area contributed by atoms with Crippen molar-refractivity contribution in [2.75, 3.05) is 39.4 Å². The number of aryl methyl sites for hydroxylation is 1. The molecule has 0 aliphatic carbocycles. The quantitative estimate of drug-likeness (QED) is 0.178. The summed E-state index contributed by atoms with van der Waals surface area (Å²) in [5.74, 6) is -0.0277. The lowest BCUT2D eigenvalue weighted by Crippen LogP contribution is -2.53. The lowest BCUT2D eigenvalue weighted by atomic mass is 10.0. The van der Waals surface area contributed by atoms with E-state index in [1.165, 1.54) is 4.90 Å². The van der Waals surface area contributed by atoms with Gasteiger partial charge >= 0.3 is 0 Å². The molecule has 2 aromatic carbocycles. The highest BCUT2D eigenvalue weighted by Crippen LogP contribution is 2.28. The van der Waals surface area contributed by atoms with Gasteiger partial charge in [0.2, 0.25) is 17.7 Å². The second-order valence-corrected chi connectivity index (χ2v) is 9.22. The topological polar surface area (TPSA) is 175 Å². The molecule has 0 radical (unpaired) electrons. The third-order valence-electron chi connectivity index (χ3n) is 6.15. The summed E-state index contributed by atoms with van der Waals surface area (Å²) < 4.78 is 11.3. The van der Waals surface area contributed by atoms with Crippen LogP contribution in [-0.4, -0.2) is 74.1 Å². The summed E-state index contributed by atoms with van der Waals surface area (Å²) >= 11 is 0. The second-order valence-electron chi connectivity index (χ2n) is 9.22. The van der Waals surface area contributed by atoms with Gasteiger partial charge in [-0.3, -0.25) is 14.4 Å². The molecule has 11 nitrogen and oxygen atoms in total. The highest BCUT2D eigenvalue weighted by atomic mass is 16.5. The first kappa shape index (κ1) is 32.5. The van der Waals surface area contributed by atoms with E-state index < -0.39 is 18.0 Å². The SMILES string of the molecule is CCOc1ccc(CNC(=O)[C@H](CCc2ccccc2)NC(=O)[C@@H](N)CC(=O)N(CCN)CCN)cc1OCC. The zero-order valence-corrected chi connectivity index (χ0v) is 23.6. The number of ether oxygens (including phenoxy) is 2. The standard InChI is InChI=1S/C29H44N6O5/c1-3-39-25-13-11-22(18-26(25)40-4-2)20-33-29(38)24(12-10-21-8-6-5-7-9-21)34-28(37)23(32)19-27(36)35(16-14-30)17-15-31/h5-9,11,13,18,23-24H,3-4,10,12,14-17,19-20,30-32H2,1-2H3,(H,33,38)(H,34,37)/t23-,24-/m0/s1. The molecule has 0 saturated heterocycles. The minimum absolute atomic E-state index is 0.217. The molecule has 0 fully saturated rings. The first-order chi connectivity index (χ1) is 19.3. The van der Waals surface area contributed by atoms with Gasteiger partial charge in [0.25, 0.3) is 0 Å². The molecular formula is C29H44N6O5. The summed E-state index contributed by atoms with van der Waals surface area (Å²) in [5, 5.41) is 5.65. The Morgan fingerprint density at radius 3 is 2.15 bits per heavy atom. The number of nitrogens with one attached hydrogen (secondary N) is 2. The predicted octanol–water partition coefficient (Wildman–Crippen LogP) is 0.681. The van der Waals surface area contributed by atoms with Gasteiger partial charge in [-0.2, -0.15) is 0 Å². The first-order valence-electron chi connectivity index (χ1n) is 13.8. The van der Waals surface area contributed by atoms with Gasteiger partial charge < -0.3 is 42.2 Å². The van der Waals surface area contributed by atoms with Crippen LogP contribution in [0.4, 0.5) is 0 Å². The minimum Gasteiger partial charge on any atom is -0.490 e. The molecule has 0 aliphatic heterocycles. The summed E-state index contributed by atoms with van der Waals surface area (Å²) in [5.41, 5.74) is 19.1. The van der Waals surface area contributed by atoms with E-state index in [-0.39, 0.29) is 37.9 Å². The molecule has 8 N–H and O–H groups in total. The molecule has 11 heteroatoms. The smallest absolute Gasteiger partial charge is 0.242 e. The molecule has 0 unspecified atom stereocenters. The van der Waals surface area contributed by atoms with Gasteiger partial charge in [0, 0.05) is 32.7 Å². The fraction of sp³-hybridized carbons (Fsp3) is 0.483. The maximum atomic E-state index is 13.3. The van der Waals surface area contributed by atoms with E-state index in [4.69, 9.17) is 26.7 Å². The largest absolute Gasteiger partial charge is 0.490 e. The Hall–Kier alpha value is -3.67. The van der Waals surface area contributed by atoms with Gasteiger partial charge in [0.15, 0.2) is 11.5 Å². The monoisotopic (exact) mass is 556 g/mol. The highest BCUT2D eigenvalue weighted by Gasteiger charge is 2.26. The van der Waals surface area contributed by atoms with E-state index in [1.54, 1.807) is 6.07 Å². The Kier molecular flexibility index (Phi) is 14.5. The average molecular weight is 557 g/mol. The van der Waals surface area contributed by atoms with Crippen LogP contribution in [0.2, 0.25) is 0 Å². The van der Waals surface area contributed by atoms with Gasteiger partial charge in [-0.15, -0.1) is 0 Å². The Morgan fingerprint density at radius 1 is 0.875 bits per heavy atom. The molecule has 0 bridgehead atoms. The van der Waals surface area contributed by atoms with Crippen molar-refractivity contribution < 1.29 is 23.9 Å². The molecular weight excluding hydrogens is 512 g/mol. The van der Waals surface area contributed by atoms with Crippen LogP contribution in [0.25, 0.3) is 0 Å². The van der Waals surface area contributed by atoms with Gasteiger partial charge in [0.05, 0.1) is 25.7 Å². The van der Waals surface area contributed by atoms with E-state index in [2.05, 4.69) is 10.6 Å². The van der Waals surface area contributed by atoms with Crippen LogP contribution in [0.5, 0.6) is 11.5 Å². The number of hydrogen-bond donors (Lipinski definition) is 5. The zero-order chi connectivity index (χ0) is 29.3. The minimum atomic E-state index is -1.13. The Balaban J connectivity index is 2.09. The third-order valence-corrected chi connectivity index (χ3v) is 6.15. The fourth-order valence-corrected chi connectivity index (χ4v) is 4.10. The molecule has 40 heavy (non-hydrogen) atoms. The highest BCUT2D eigenvalue weighted by molar-refractivity contribution is 5.92. The number of benzene rings is 2. The number of carbonyl (C=O) groups is 3. The van der Waals surface area contributed by atoms with E-state index in [0.717, 1.165) is 11.1 Å². The molecule has 2 atom stereocenters. The van der Waals surface area contributed by atoms with Crippen LogP contribution < -0.4 is 37.3 Å². The van der Waals surface area contributed by atoms with Crippen LogP contribution in [0, 0.1) is 0 Å². The van der Waals surface area contributed by atoms with E-state index >= 15 is 0 Å². The van der Waals surface area contributed by atoms with Crippen molar-refractivity contribution >= 4 is 17.7 Å².